The lowest BCUT2D eigenvalue weighted by Crippen LogP contribution is -2.25. The largest absolute Gasteiger partial charge is 0.399 e. The van der Waals surface area contributed by atoms with Crippen LogP contribution in [0.5, 0.6) is 0 Å². The van der Waals surface area contributed by atoms with Gasteiger partial charge in [-0.1, -0.05) is 0 Å². The smallest absolute Gasteiger partial charge is 0.250 e. The van der Waals surface area contributed by atoms with E-state index in [1.54, 1.807) is 12.1 Å². The fourth-order valence-electron chi connectivity index (χ4n) is 2.16. The fraction of sp³-hybridized carbons (Fsp3) is 0.417. The molecule has 1 aromatic rings. The lowest BCUT2D eigenvalue weighted by molar-refractivity contribution is 0.100. The Hall–Kier alpha value is -1.75. The number of nitrogen functional groups attached to an aromatic ring is 1. The molecule has 1 aliphatic heterocycles. The Labute approximate surface area is 101 Å². The minimum absolute atomic E-state index is 0.363. The highest BCUT2D eigenvalue weighted by Gasteiger charge is 2.20. The molecule has 1 heterocycles. The van der Waals surface area contributed by atoms with Crippen LogP contribution in [0.3, 0.4) is 0 Å². The van der Waals surface area contributed by atoms with Crippen molar-refractivity contribution in [2.24, 2.45) is 5.73 Å². The van der Waals surface area contributed by atoms with Gasteiger partial charge in [0, 0.05) is 24.0 Å². The average Bonchev–Trinajstić information content (AvgIpc) is 2.66. The van der Waals surface area contributed by atoms with Crippen LogP contribution in [-0.2, 0) is 0 Å². The third-order valence-corrected chi connectivity index (χ3v) is 3.06. The molecular weight excluding hydrogens is 216 g/mol. The van der Waals surface area contributed by atoms with E-state index in [4.69, 9.17) is 11.5 Å². The van der Waals surface area contributed by atoms with Crippen LogP contribution in [0.1, 0.15) is 16.8 Å². The van der Waals surface area contributed by atoms with Crippen molar-refractivity contribution in [2.75, 3.05) is 31.2 Å². The molecule has 5 nitrogen and oxygen atoms in total. The Morgan fingerprint density at radius 1 is 1.53 bits per heavy atom. The first-order valence-corrected chi connectivity index (χ1v) is 5.70. The van der Waals surface area contributed by atoms with E-state index in [9.17, 15) is 4.79 Å². The van der Waals surface area contributed by atoms with Gasteiger partial charge in [0.25, 0.3) is 5.91 Å². The van der Waals surface area contributed by atoms with Gasteiger partial charge >= 0.3 is 0 Å². The predicted molar refractivity (Wildman–Crippen MR) is 68.9 cm³/mol. The first-order chi connectivity index (χ1) is 8.06. The zero-order valence-electron chi connectivity index (χ0n) is 9.94. The molecule has 0 spiro atoms. The fourth-order valence-corrected chi connectivity index (χ4v) is 2.16. The molecule has 1 unspecified atom stereocenters. The lowest BCUT2D eigenvalue weighted by atomic mass is 10.1. The Balaban J connectivity index is 2.17. The molecule has 5 heteroatoms. The van der Waals surface area contributed by atoms with Crippen LogP contribution < -0.4 is 16.8 Å². The van der Waals surface area contributed by atoms with Crippen LogP contribution in [0.2, 0.25) is 0 Å². The molecule has 92 valence electrons. The third kappa shape index (κ3) is 2.68. The first-order valence-electron chi connectivity index (χ1n) is 5.70. The number of primary amides is 1. The second kappa shape index (κ2) is 4.63. The molecule has 0 radical (unpaired) electrons. The van der Waals surface area contributed by atoms with Gasteiger partial charge in [-0.05, 0) is 38.2 Å². The van der Waals surface area contributed by atoms with Crippen molar-refractivity contribution >= 4 is 17.3 Å². The molecule has 1 amide bonds. The number of hydrogen-bond acceptors (Lipinski definition) is 4. The van der Waals surface area contributed by atoms with E-state index < -0.39 is 5.91 Å². The van der Waals surface area contributed by atoms with Gasteiger partial charge in [0.15, 0.2) is 0 Å². The summed E-state index contributed by atoms with van der Waals surface area (Å²) in [4.78, 5) is 13.6. The SMILES string of the molecule is CN1CCC(Nc2ccc(N)cc2C(N)=O)C1. The van der Waals surface area contributed by atoms with E-state index in [0.29, 0.717) is 17.3 Å². The van der Waals surface area contributed by atoms with Crippen LogP contribution >= 0.6 is 0 Å². The van der Waals surface area contributed by atoms with Crippen LogP contribution in [0, 0.1) is 0 Å². The van der Waals surface area contributed by atoms with Crippen molar-refractivity contribution in [1.82, 2.24) is 4.90 Å². The highest BCUT2D eigenvalue weighted by atomic mass is 16.1. The van der Waals surface area contributed by atoms with Crippen molar-refractivity contribution in [3.63, 3.8) is 0 Å². The monoisotopic (exact) mass is 234 g/mol. The number of nitrogens with zero attached hydrogens (tertiary/aromatic N) is 1. The number of carbonyl (C=O) groups is 1. The van der Waals surface area contributed by atoms with Crippen LogP contribution in [0.15, 0.2) is 18.2 Å². The highest BCUT2D eigenvalue weighted by Crippen LogP contribution is 2.21. The summed E-state index contributed by atoms with van der Waals surface area (Å²) in [6.45, 7) is 2.04. The molecule has 1 saturated heterocycles. The van der Waals surface area contributed by atoms with Gasteiger partial charge in [-0.15, -0.1) is 0 Å². The summed E-state index contributed by atoms with van der Waals surface area (Å²) in [6, 6.07) is 5.56. The van der Waals surface area contributed by atoms with Crippen molar-refractivity contribution in [1.29, 1.82) is 0 Å². The van der Waals surface area contributed by atoms with E-state index in [-0.39, 0.29) is 0 Å². The summed E-state index contributed by atoms with van der Waals surface area (Å²) >= 11 is 0. The molecule has 1 fully saturated rings. The Bertz CT molecular complexity index is 433. The van der Waals surface area contributed by atoms with Crippen LogP contribution in [-0.4, -0.2) is 37.0 Å². The van der Waals surface area contributed by atoms with E-state index in [2.05, 4.69) is 17.3 Å². The van der Waals surface area contributed by atoms with Crippen molar-refractivity contribution in [3.8, 4) is 0 Å². The second-order valence-electron chi connectivity index (χ2n) is 4.56. The minimum Gasteiger partial charge on any atom is -0.399 e. The molecule has 0 aromatic heterocycles. The molecule has 5 N–H and O–H groups in total. The zero-order chi connectivity index (χ0) is 12.4. The van der Waals surface area contributed by atoms with Gasteiger partial charge in [-0.25, -0.2) is 0 Å². The van der Waals surface area contributed by atoms with Gasteiger partial charge < -0.3 is 21.7 Å². The molecule has 17 heavy (non-hydrogen) atoms. The molecule has 1 aliphatic rings. The maximum Gasteiger partial charge on any atom is 0.250 e. The number of carbonyl (C=O) groups excluding carboxylic acids is 1. The Kier molecular flexibility index (Phi) is 3.19. The first kappa shape index (κ1) is 11.7. The maximum atomic E-state index is 11.3. The number of amides is 1. The molecular formula is C12H18N4O. The average molecular weight is 234 g/mol. The summed E-state index contributed by atoms with van der Waals surface area (Å²) in [5.74, 6) is -0.453. The van der Waals surface area contributed by atoms with Gasteiger partial charge in [0.1, 0.15) is 0 Å². The van der Waals surface area contributed by atoms with Crippen molar-refractivity contribution < 1.29 is 4.79 Å². The molecule has 0 aliphatic carbocycles. The van der Waals surface area contributed by atoms with E-state index >= 15 is 0 Å². The Morgan fingerprint density at radius 3 is 2.88 bits per heavy atom. The zero-order valence-corrected chi connectivity index (χ0v) is 9.94. The minimum atomic E-state index is -0.453. The number of benzene rings is 1. The number of rotatable bonds is 3. The van der Waals surface area contributed by atoms with E-state index in [1.807, 2.05) is 6.07 Å². The molecule has 0 bridgehead atoms. The van der Waals surface area contributed by atoms with Crippen molar-refractivity contribution in [2.45, 2.75) is 12.5 Å². The maximum absolute atomic E-state index is 11.3. The van der Waals surface area contributed by atoms with Crippen molar-refractivity contribution in [3.05, 3.63) is 23.8 Å². The number of nitrogens with two attached hydrogens (primary N) is 2. The number of likely N-dealkylation sites (N-methyl/N-ethyl adjacent to an activating group) is 1. The number of likely N-dealkylation sites (tertiary alicyclic amines) is 1. The number of hydrogen-bond donors (Lipinski definition) is 3. The predicted octanol–water partition coefficient (Wildman–Crippen LogP) is 0.484. The molecule has 0 saturated carbocycles. The van der Waals surface area contributed by atoms with Crippen LogP contribution in [0.25, 0.3) is 0 Å². The normalized spacial score (nSPS) is 20.4. The summed E-state index contributed by atoms with van der Waals surface area (Å²) in [7, 11) is 2.08. The summed E-state index contributed by atoms with van der Waals surface area (Å²) in [5, 5.41) is 3.35. The number of nitrogens with one attached hydrogen (secondary N) is 1. The highest BCUT2D eigenvalue weighted by molar-refractivity contribution is 5.99. The van der Waals surface area contributed by atoms with Gasteiger partial charge in [0.05, 0.1) is 5.56 Å². The molecule has 2 rings (SSSR count). The second-order valence-corrected chi connectivity index (χ2v) is 4.56. The van der Waals surface area contributed by atoms with E-state index in [1.165, 1.54) is 0 Å². The summed E-state index contributed by atoms with van der Waals surface area (Å²) in [6.07, 6.45) is 1.07. The molecule has 1 aromatic carbocycles. The standard InChI is InChI=1S/C12H18N4O/c1-16-5-4-9(7-16)15-11-3-2-8(13)6-10(11)12(14)17/h2-3,6,9,15H,4-5,7,13H2,1H3,(H2,14,17). The van der Waals surface area contributed by atoms with Crippen LogP contribution in [0.4, 0.5) is 11.4 Å². The number of anilines is 2. The van der Waals surface area contributed by atoms with Gasteiger partial charge in [-0.3, -0.25) is 4.79 Å². The van der Waals surface area contributed by atoms with E-state index in [0.717, 1.165) is 25.2 Å². The Morgan fingerprint density at radius 2 is 2.29 bits per heavy atom. The lowest BCUT2D eigenvalue weighted by Gasteiger charge is -2.16. The summed E-state index contributed by atoms with van der Waals surface area (Å²) < 4.78 is 0. The van der Waals surface area contributed by atoms with Gasteiger partial charge in [0.2, 0.25) is 0 Å². The molecule has 1 atom stereocenters. The topological polar surface area (TPSA) is 84.4 Å². The third-order valence-electron chi connectivity index (χ3n) is 3.06. The quantitative estimate of drug-likeness (QED) is 0.664. The summed E-state index contributed by atoms with van der Waals surface area (Å²) in [5.41, 5.74) is 12.8. The van der Waals surface area contributed by atoms with Gasteiger partial charge in [-0.2, -0.15) is 0 Å².